The minimum atomic E-state index is -0.870. The van der Waals surface area contributed by atoms with Crippen molar-refractivity contribution in [2.45, 2.75) is 12.8 Å². The molecule has 0 aromatic carbocycles. The lowest BCUT2D eigenvalue weighted by Crippen LogP contribution is -2.48. The van der Waals surface area contributed by atoms with Crippen molar-refractivity contribution in [1.82, 2.24) is 20.9 Å². The lowest BCUT2D eigenvalue weighted by atomic mass is 9.97. The van der Waals surface area contributed by atoms with E-state index in [1.165, 1.54) is 0 Å². The summed E-state index contributed by atoms with van der Waals surface area (Å²) in [7, 11) is 0. The molecular formula is C14H24N4O4. The average molecular weight is 312 g/mol. The number of imide groups is 1. The van der Waals surface area contributed by atoms with Crippen molar-refractivity contribution in [3.8, 4) is 0 Å². The van der Waals surface area contributed by atoms with Crippen molar-refractivity contribution in [3.63, 3.8) is 0 Å². The minimum Gasteiger partial charge on any atom is -0.379 e. The Morgan fingerprint density at radius 2 is 1.77 bits per heavy atom. The Labute approximate surface area is 129 Å². The number of nitrogens with zero attached hydrogens (tertiary/aromatic N) is 1. The normalized spacial score (nSPS) is 20.4. The van der Waals surface area contributed by atoms with Gasteiger partial charge < -0.3 is 15.4 Å². The van der Waals surface area contributed by atoms with Crippen LogP contribution in [0.25, 0.3) is 0 Å². The maximum Gasteiger partial charge on any atom is 0.315 e. The van der Waals surface area contributed by atoms with E-state index < -0.39 is 11.8 Å². The first-order chi connectivity index (χ1) is 10.7. The van der Waals surface area contributed by atoms with Gasteiger partial charge in [-0.2, -0.15) is 0 Å². The van der Waals surface area contributed by atoms with Crippen molar-refractivity contribution in [2.24, 2.45) is 5.92 Å². The molecule has 22 heavy (non-hydrogen) atoms. The molecule has 0 unspecified atom stereocenters. The number of hydrogen-bond acceptors (Lipinski definition) is 6. The van der Waals surface area contributed by atoms with Crippen molar-refractivity contribution < 1.29 is 19.1 Å². The van der Waals surface area contributed by atoms with Crippen molar-refractivity contribution in [3.05, 3.63) is 0 Å². The zero-order valence-electron chi connectivity index (χ0n) is 12.7. The van der Waals surface area contributed by atoms with Crippen LogP contribution in [0.2, 0.25) is 0 Å². The van der Waals surface area contributed by atoms with E-state index in [9.17, 15) is 14.4 Å². The maximum atomic E-state index is 11.9. The van der Waals surface area contributed by atoms with Crippen molar-refractivity contribution >= 4 is 17.7 Å². The van der Waals surface area contributed by atoms with Gasteiger partial charge in [0, 0.05) is 32.1 Å². The fraction of sp³-hybridized carbons (Fsp3) is 0.786. The maximum absolute atomic E-state index is 11.9. The summed E-state index contributed by atoms with van der Waals surface area (Å²) < 4.78 is 5.23. The molecule has 2 rings (SSSR count). The van der Waals surface area contributed by atoms with Gasteiger partial charge in [-0.3, -0.25) is 24.6 Å². The first-order valence-electron chi connectivity index (χ1n) is 7.80. The van der Waals surface area contributed by atoms with Gasteiger partial charge in [0.1, 0.15) is 0 Å². The van der Waals surface area contributed by atoms with Crippen LogP contribution in [0.3, 0.4) is 0 Å². The van der Waals surface area contributed by atoms with Crippen LogP contribution in [0.4, 0.5) is 0 Å². The van der Waals surface area contributed by atoms with E-state index in [1.807, 2.05) is 0 Å². The molecule has 2 fully saturated rings. The molecule has 124 valence electrons. The SMILES string of the molecule is O=C(NCCN1CCOCC1)C(=O)NC(=O)C1CCNCC1. The molecule has 2 aliphatic rings. The van der Waals surface area contributed by atoms with E-state index in [1.54, 1.807) is 0 Å². The Balaban J connectivity index is 1.63. The van der Waals surface area contributed by atoms with Gasteiger partial charge in [0.15, 0.2) is 0 Å². The first-order valence-corrected chi connectivity index (χ1v) is 7.80. The summed E-state index contributed by atoms with van der Waals surface area (Å²) >= 11 is 0. The van der Waals surface area contributed by atoms with Crippen LogP contribution in [0, 0.1) is 5.92 Å². The van der Waals surface area contributed by atoms with Gasteiger partial charge in [-0.15, -0.1) is 0 Å². The second-order valence-corrected chi connectivity index (χ2v) is 5.55. The van der Waals surface area contributed by atoms with Crippen LogP contribution in [0.5, 0.6) is 0 Å². The highest BCUT2D eigenvalue weighted by molar-refractivity contribution is 6.37. The van der Waals surface area contributed by atoms with Crippen LogP contribution in [-0.2, 0) is 19.1 Å². The predicted molar refractivity (Wildman–Crippen MR) is 79.0 cm³/mol. The van der Waals surface area contributed by atoms with Crippen LogP contribution >= 0.6 is 0 Å². The molecular weight excluding hydrogens is 288 g/mol. The number of amides is 3. The molecule has 2 saturated heterocycles. The van der Waals surface area contributed by atoms with Crippen molar-refractivity contribution in [1.29, 1.82) is 0 Å². The first kappa shape index (κ1) is 16.9. The lowest BCUT2D eigenvalue weighted by molar-refractivity contribution is -0.143. The summed E-state index contributed by atoms with van der Waals surface area (Å²) in [4.78, 5) is 37.4. The number of morpholine rings is 1. The highest BCUT2D eigenvalue weighted by Gasteiger charge is 2.24. The van der Waals surface area contributed by atoms with E-state index in [-0.39, 0.29) is 11.8 Å². The molecule has 0 aromatic rings. The van der Waals surface area contributed by atoms with Crippen LogP contribution in [0.1, 0.15) is 12.8 Å². The summed E-state index contributed by atoms with van der Waals surface area (Å²) in [5.41, 5.74) is 0. The highest BCUT2D eigenvalue weighted by Crippen LogP contribution is 2.11. The number of piperidine rings is 1. The second-order valence-electron chi connectivity index (χ2n) is 5.55. The third-order valence-corrected chi connectivity index (χ3v) is 3.97. The summed E-state index contributed by atoms with van der Waals surface area (Å²) in [6, 6.07) is 0. The summed E-state index contributed by atoms with van der Waals surface area (Å²) in [5, 5.41) is 7.87. The van der Waals surface area contributed by atoms with Crippen LogP contribution in [-0.4, -0.2) is 75.1 Å². The molecule has 0 aromatic heterocycles. The van der Waals surface area contributed by atoms with Gasteiger partial charge >= 0.3 is 11.8 Å². The van der Waals surface area contributed by atoms with Crippen LogP contribution in [0.15, 0.2) is 0 Å². The fourth-order valence-electron chi connectivity index (χ4n) is 2.59. The van der Waals surface area contributed by atoms with Gasteiger partial charge in [0.05, 0.1) is 13.2 Å². The smallest absolute Gasteiger partial charge is 0.315 e. The van der Waals surface area contributed by atoms with E-state index in [0.29, 0.717) is 39.1 Å². The van der Waals surface area contributed by atoms with Crippen molar-refractivity contribution in [2.75, 3.05) is 52.5 Å². The second kappa shape index (κ2) is 8.82. The largest absolute Gasteiger partial charge is 0.379 e. The number of carbonyl (C=O) groups is 3. The third kappa shape index (κ3) is 5.36. The Morgan fingerprint density at radius 1 is 1.09 bits per heavy atom. The molecule has 3 amide bonds. The molecule has 3 N–H and O–H groups in total. The number of carbonyl (C=O) groups excluding carboxylic acids is 3. The zero-order valence-corrected chi connectivity index (χ0v) is 12.7. The van der Waals surface area contributed by atoms with Gasteiger partial charge in [-0.25, -0.2) is 0 Å². The van der Waals surface area contributed by atoms with E-state index >= 15 is 0 Å². The number of rotatable bonds is 4. The zero-order chi connectivity index (χ0) is 15.8. The van der Waals surface area contributed by atoms with E-state index in [0.717, 1.165) is 26.2 Å². The third-order valence-electron chi connectivity index (χ3n) is 3.97. The van der Waals surface area contributed by atoms with E-state index in [4.69, 9.17) is 4.74 Å². The highest BCUT2D eigenvalue weighted by atomic mass is 16.5. The molecule has 2 aliphatic heterocycles. The molecule has 8 heteroatoms. The lowest BCUT2D eigenvalue weighted by Gasteiger charge is -2.26. The predicted octanol–water partition coefficient (Wildman–Crippen LogP) is -1.92. The Morgan fingerprint density at radius 3 is 2.45 bits per heavy atom. The summed E-state index contributed by atoms with van der Waals surface area (Å²) in [5.74, 6) is -2.16. The van der Waals surface area contributed by atoms with Gasteiger partial charge in [0.2, 0.25) is 5.91 Å². The molecule has 0 radical (unpaired) electrons. The van der Waals surface area contributed by atoms with Gasteiger partial charge in [0.25, 0.3) is 0 Å². The monoisotopic (exact) mass is 312 g/mol. The molecule has 0 atom stereocenters. The standard InChI is InChI=1S/C14H24N4O4/c19-12(11-1-3-15-4-2-11)17-14(21)13(20)16-5-6-18-7-9-22-10-8-18/h11,15H,1-10H2,(H,16,20)(H,17,19,21). The topological polar surface area (TPSA) is 99.8 Å². The molecule has 2 heterocycles. The molecule has 0 saturated carbocycles. The number of nitrogens with one attached hydrogen (secondary N) is 3. The summed E-state index contributed by atoms with van der Waals surface area (Å²) in [6.45, 7) is 5.62. The van der Waals surface area contributed by atoms with Gasteiger partial charge in [-0.1, -0.05) is 0 Å². The Hall–Kier alpha value is -1.51. The average Bonchev–Trinajstić information content (AvgIpc) is 2.56. The molecule has 0 spiro atoms. The molecule has 0 bridgehead atoms. The van der Waals surface area contributed by atoms with Gasteiger partial charge in [-0.05, 0) is 25.9 Å². The van der Waals surface area contributed by atoms with Crippen LogP contribution < -0.4 is 16.0 Å². The minimum absolute atomic E-state index is 0.189. The summed E-state index contributed by atoms with van der Waals surface area (Å²) in [6.07, 6.45) is 1.38. The van der Waals surface area contributed by atoms with E-state index in [2.05, 4.69) is 20.9 Å². The fourth-order valence-corrected chi connectivity index (χ4v) is 2.59. The number of ether oxygens (including phenoxy) is 1. The Kier molecular flexibility index (Phi) is 6.75. The number of hydrogen-bond donors (Lipinski definition) is 3. The quantitative estimate of drug-likeness (QED) is 0.523. The molecule has 8 nitrogen and oxygen atoms in total. The Bertz CT molecular complexity index is 404. The molecule has 0 aliphatic carbocycles.